The average Bonchev–Trinajstić information content (AvgIpc) is 3.15. The van der Waals surface area contributed by atoms with Crippen molar-refractivity contribution in [3.63, 3.8) is 0 Å². The molecule has 0 radical (unpaired) electrons. The predicted molar refractivity (Wildman–Crippen MR) is 207 cm³/mol. The zero-order chi connectivity index (χ0) is 37.4. The van der Waals surface area contributed by atoms with Crippen molar-refractivity contribution in [1.29, 1.82) is 0 Å². The summed E-state index contributed by atoms with van der Waals surface area (Å²) >= 11 is 0. The molecule has 2 fully saturated rings. The third-order valence-corrected chi connectivity index (χ3v) is 10.5. The van der Waals surface area contributed by atoms with Gasteiger partial charge in [0.15, 0.2) is 11.5 Å². The minimum atomic E-state index is -0.771. The third-order valence-electron chi connectivity index (χ3n) is 10.5. The van der Waals surface area contributed by atoms with E-state index in [0.717, 1.165) is 99.4 Å². The van der Waals surface area contributed by atoms with Crippen LogP contribution in [-0.2, 0) is 19.2 Å². The number of hydrogen-bond acceptors (Lipinski definition) is 10. The molecule has 12 heteroatoms. The first-order chi connectivity index (χ1) is 25.0. The van der Waals surface area contributed by atoms with Gasteiger partial charge < -0.3 is 39.7 Å². The Morgan fingerprint density at radius 2 is 1.21 bits per heavy atom. The van der Waals surface area contributed by atoms with Crippen LogP contribution in [-0.4, -0.2) is 91.2 Å². The van der Waals surface area contributed by atoms with Crippen molar-refractivity contribution in [1.82, 2.24) is 10.6 Å². The van der Waals surface area contributed by atoms with Gasteiger partial charge in [-0.3, -0.25) is 9.59 Å². The van der Waals surface area contributed by atoms with Gasteiger partial charge in [0.1, 0.15) is 12.1 Å². The highest BCUT2D eigenvalue weighted by molar-refractivity contribution is 5.88. The zero-order valence-electron chi connectivity index (χ0n) is 31.7. The summed E-state index contributed by atoms with van der Waals surface area (Å²) in [7, 11) is 7.84. The molecule has 0 spiro atoms. The standard InChI is InChI=1S/C40H56N6O6/c1-27(41-25-47)39(49)51-37-33(43(3)4)21-31(23-35(37)45-17-9-7-10-18-45)29-13-15-30(16-14-29)32-22-34(44(5)6)38(52-40(50)28(2)42-26-48)36(24-32)46-19-11-8-12-20-46/h13,21-28,30H,7-12,14-20H2,1-6H3,(H,41,47)(H,42,48)/t27-,28-,30?/m1/s1. The van der Waals surface area contributed by atoms with Gasteiger partial charge >= 0.3 is 11.9 Å². The van der Waals surface area contributed by atoms with Crippen molar-refractivity contribution < 1.29 is 28.7 Å². The summed E-state index contributed by atoms with van der Waals surface area (Å²) in [6.07, 6.45) is 12.7. The van der Waals surface area contributed by atoms with Crippen LogP contribution < -0.4 is 39.7 Å². The Morgan fingerprint density at radius 1 is 0.731 bits per heavy atom. The maximum atomic E-state index is 13.1. The van der Waals surface area contributed by atoms with Gasteiger partial charge in [0.05, 0.1) is 22.7 Å². The fourth-order valence-corrected chi connectivity index (χ4v) is 7.37. The van der Waals surface area contributed by atoms with E-state index in [1.165, 1.54) is 24.0 Å². The van der Waals surface area contributed by atoms with Crippen LogP contribution in [0.25, 0.3) is 5.57 Å². The van der Waals surface area contributed by atoms with Crippen molar-refractivity contribution in [3.05, 3.63) is 41.5 Å². The molecule has 1 unspecified atom stereocenters. The first-order valence-electron chi connectivity index (χ1n) is 18.7. The lowest BCUT2D eigenvalue weighted by atomic mass is 9.82. The molecule has 3 atom stereocenters. The number of rotatable bonds is 14. The summed E-state index contributed by atoms with van der Waals surface area (Å²) in [6, 6.07) is 7.11. The van der Waals surface area contributed by atoms with E-state index in [-0.39, 0.29) is 5.92 Å². The Bertz CT molecular complexity index is 1630. The van der Waals surface area contributed by atoms with Crippen LogP contribution in [0.1, 0.15) is 88.7 Å². The van der Waals surface area contributed by atoms with E-state index in [0.29, 0.717) is 24.3 Å². The van der Waals surface area contributed by atoms with Crippen LogP contribution in [0.2, 0.25) is 0 Å². The summed E-state index contributed by atoms with van der Waals surface area (Å²) in [4.78, 5) is 56.8. The number of carbonyl (C=O) groups is 4. The summed E-state index contributed by atoms with van der Waals surface area (Å²) in [5.74, 6) is 0.322. The second-order valence-electron chi connectivity index (χ2n) is 14.7. The SMILES string of the molecule is C[C@@H](NC=O)C(=O)Oc1c(N(C)C)cc(C2=CCC(c3cc(N(C)C)c(OC(=O)[C@@H](C)NC=O)c(N4CCCCC4)c3)CC2)cc1N1CCCCC1. The average molecular weight is 717 g/mol. The topological polar surface area (TPSA) is 124 Å². The largest absolute Gasteiger partial charge is 0.421 e. The molecule has 0 aromatic heterocycles. The number of allylic oxidation sites excluding steroid dienone is 2. The van der Waals surface area contributed by atoms with Crippen LogP contribution in [0.3, 0.4) is 0 Å². The lowest BCUT2D eigenvalue weighted by Crippen LogP contribution is -2.37. The Balaban J connectivity index is 1.49. The zero-order valence-corrected chi connectivity index (χ0v) is 31.7. The number of benzene rings is 2. The fraction of sp³-hybridized carbons (Fsp3) is 0.550. The molecule has 0 bridgehead atoms. The highest BCUT2D eigenvalue weighted by atomic mass is 16.5. The highest BCUT2D eigenvalue weighted by Crippen LogP contribution is 2.47. The quantitative estimate of drug-likeness (QED) is 0.153. The number of hydrogen-bond donors (Lipinski definition) is 2. The van der Waals surface area contributed by atoms with Gasteiger partial charge in [-0.2, -0.15) is 0 Å². The van der Waals surface area contributed by atoms with Gasteiger partial charge in [-0.1, -0.05) is 6.08 Å². The number of ether oxygens (including phenoxy) is 2. The maximum absolute atomic E-state index is 13.1. The van der Waals surface area contributed by atoms with Crippen molar-refractivity contribution >= 4 is 53.1 Å². The smallest absolute Gasteiger partial charge is 0.333 e. The number of amides is 2. The maximum Gasteiger partial charge on any atom is 0.333 e. The molecule has 2 aliphatic heterocycles. The summed E-state index contributed by atoms with van der Waals surface area (Å²) < 4.78 is 12.1. The monoisotopic (exact) mass is 716 g/mol. The van der Waals surface area contributed by atoms with Gasteiger partial charge in [0.2, 0.25) is 12.8 Å². The van der Waals surface area contributed by atoms with Crippen LogP contribution in [0, 0.1) is 0 Å². The van der Waals surface area contributed by atoms with Gasteiger partial charge in [-0.05, 0) is 119 Å². The first-order valence-corrected chi connectivity index (χ1v) is 18.7. The molecule has 282 valence electrons. The number of esters is 2. The molecule has 2 N–H and O–H groups in total. The normalized spacial score (nSPS) is 18.7. The van der Waals surface area contributed by atoms with Gasteiger partial charge in [-0.25, -0.2) is 9.59 Å². The van der Waals surface area contributed by atoms with Crippen molar-refractivity contribution in [3.8, 4) is 11.5 Å². The lowest BCUT2D eigenvalue weighted by Gasteiger charge is -2.34. The second kappa shape index (κ2) is 17.7. The number of nitrogens with zero attached hydrogens (tertiary/aromatic N) is 4. The molecule has 2 amide bonds. The highest BCUT2D eigenvalue weighted by Gasteiger charge is 2.29. The molecule has 2 heterocycles. The Kier molecular flexibility index (Phi) is 13.1. The van der Waals surface area contributed by atoms with Crippen molar-refractivity contribution in [2.45, 2.75) is 89.6 Å². The fourth-order valence-electron chi connectivity index (χ4n) is 7.37. The van der Waals surface area contributed by atoms with Crippen LogP contribution in [0.4, 0.5) is 22.7 Å². The molecule has 2 saturated heterocycles. The molecule has 52 heavy (non-hydrogen) atoms. The summed E-state index contributed by atoms with van der Waals surface area (Å²) in [5, 5.41) is 5.03. The number of carbonyl (C=O) groups excluding carboxylic acids is 4. The van der Waals surface area contributed by atoms with E-state index < -0.39 is 24.0 Å². The summed E-state index contributed by atoms with van der Waals surface area (Å²) in [5.41, 5.74) is 7.07. The number of anilines is 4. The molecular weight excluding hydrogens is 660 g/mol. The van der Waals surface area contributed by atoms with Gasteiger partial charge in [0.25, 0.3) is 0 Å². The van der Waals surface area contributed by atoms with E-state index in [9.17, 15) is 19.2 Å². The van der Waals surface area contributed by atoms with Gasteiger partial charge in [0, 0.05) is 54.4 Å². The minimum Gasteiger partial charge on any atom is -0.421 e. The van der Waals surface area contributed by atoms with Gasteiger partial charge in [-0.15, -0.1) is 0 Å². The van der Waals surface area contributed by atoms with E-state index in [1.807, 2.05) is 38.0 Å². The van der Waals surface area contributed by atoms with Crippen molar-refractivity contribution in [2.24, 2.45) is 0 Å². The molecular formula is C40H56N6O6. The molecule has 2 aromatic carbocycles. The number of piperidine rings is 2. The Hall–Kier alpha value is -4.74. The molecule has 1 aliphatic carbocycles. The van der Waals surface area contributed by atoms with Crippen LogP contribution in [0.5, 0.6) is 11.5 Å². The molecule has 5 rings (SSSR count). The molecule has 2 aromatic rings. The molecule has 12 nitrogen and oxygen atoms in total. The minimum absolute atomic E-state index is 0.272. The number of nitrogens with one attached hydrogen (secondary N) is 2. The second-order valence-corrected chi connectivity index (χ2v) is 14.7. The van der Waals surface area contributed by atoms with E-state index in [1.54, 1.807) is 13.8 Å². The van der Waals surface area contributed by atoms with Crippen LogP contribution in [0.15, 0.2) is 30.3 Å². The Labute approximate surface area is 308 Å². The van der Waals surface area contributed by atoms with E-state index >= 15 is 0 Å². The molecule has 0 saturated carbocycles. The van der Waals surface area contributed by atoms with E-state index in [2.05, 4.69) is 50.8 Å². The van der Waals surface area contributed by atoms with E-state index in [4.69, 9.17) is 9.47 Å². The lowest BCUT2D eigenvalue weighted by molar-refractivity contribution is -0.137. The van der Waals surface area contributed by atoms with Crippen molar-refractivity contribution in [2.75, 3.05) is 74.0 Å². The summed E-state index contributed by atoms with van der Waals surface area (Å²) in [6.45, 7) is 6.80. The first kappa shape index (κ1) is 38.5. The predicted octanol–water partition coefficient (Wildman–Crippen LogP) is 5.23. The third kappa shape index (κ3) is 9.00. The van der Waals surface area contributed by atoms with Crippen LogP contribution >= 0.6 is 0 Å². The molecule has 3 aliphatic rings. The Morgan fingerprint density at radius 3 is 1.65 bits per heavy atom.